The summed E-state index contributed by atoms with van der Waals surface area (Å²) < 4.78 is 44.5. The van der Waals surface area contributed by atoms with Crippen molar-refractivity contribution in [2.45, 2.75) is 31.0 Å². The number of alkyl carbamates (subject to hydrolysis) is 1. The molecule has 43 heavy (non-hydrogen) atoms. The molecule has 1 aliphatic heterocycles. The maximum atomic E-state index is 12.8. The van der Waals surface area contributed by atoms with Crippen LogP contribution >= 0.6 is 11.6 Å². The zero-order chi connectivity index (χ0) is 30.0. The van der Waals surface area contributed by atoms with Crippen molar-refractivity contribution in [1.29, 1.82) is 0 Å². The molecule has 1 aromatic heterocycles. The number of alkyl halides is 3. The maximum Gasteiger partial charge on any atom is 0.408 e. The molecule has 6 rings (SSSR count). The van der Waals surface area contributed by atoms with Gasteiger partial charge in [-0.1, -0.05) is 66.2 Å². The molecule has 0 radical (unpaired) electrons. The Balaban J connectivity index is 1.10. The van der Waals surface area contributed by atoms with Gasteiger partial charge in [-0.2, -0.15) is 13.2 Å². The van der Waals surface area contributed by atoms with Gasteiger partial charge in [-0.15, -0.1) is 0 Å². The molecule has 2 heterocycles. The van der Waals surface area contributed by atoms with Crippen LogP contribution in [0.25, 0.3) is 22.0 Å². The summed E-state index contributed by atoms with van der Waals surface area (Å²) in [7, 11) is 0. The highest BCUT2D eigenvalue weighted by molar-refractivity contribution is 6.31. The second-order valence-corrected chi connectivity index (χ2v) is 11.5. The minimum atomic E-state index is -4.53. The van der Waals surface area contributed by atoms with Crippen LogP contribution in [-0.2, 0) is 10.3 Å². The number of hydrogen-bond acceptors (Lipinski definition) is 5. The van der Waals surface area contributed by atoms with Crippen molar-refractivity contribution < 1.29 is 22.7 Å². The Hall–Kier alpha value is -3.82. The van der Waals surface area contributed by atoms with E-state index in [0.29, 0.717) is 11.4 Å². The Bertz CT molecular complexity index is 1580. The molecule has 0 spiro atoms. The lowest BCUT2D eigenvalue weighted by Gasteiger charge is -2.36. The van der Waals surface area contributed by atoms with E-state index in [2.05, 4.69) is 15.9 Å². The second-order valence-electron chi connectivity index (χ2n) is 11.1. The van der Waals surface area contributed by atoms with Gasteiger partial charge in [-0.3, -0.25) is 4.90 Å². The van der Waals surface area contributed by atoms with Gasteiger partial charge in [-0.25, -0.2) is 9.78 Å². The number of benzene rings is 3. The van der Waals surface area contributed by atoms with E-state index in [1.54, 1.807) is 0 Å². The predicted octanol–water partition coefficient (Wildman–Crippen LogP) is 7.39. The smallest absolute Gasteiger partial charge is 0.408 e. The van der Waals surface area contributed by atoms with E-state index >= 15 is 0 Å². The Kier molecular flexibility index (Phi) is 8.20. The van der Waals surface area contributed by atoms with Crippen LogP contribution in [0.3, 0.4) is 0 Å². The predicted molar refractivity (Wildman–Crippen MR) is 162 cm³/mol. The largest absolute Gasteiger partial charge is 0.433 e. The molecule has 1 N–H and O–H groups in total. The molecular weight excluding hydrogens is 577 g/mol. The van der Waals surface area contributed by atoms with Gasteiger partial charge in [-0.05, 0) is 61.2 Å². The second kappa shape index (κ2) is 12.1. The van der Waals surface area contributed by atoms with Crippen LogP contribution < -0.4 is 10.2 Å². The maximum absolute atomic E-state index is 12.8. The summed E-state index contributed by atoms with van der Waals surface area (Å²) in [4.78, 5) is 22.2. The Labute approximate surface area is 253 Å². The summed E-state index contributed by atoms with van der Waals surface area (Å²) >= 11 is 6.16. The number of piperazine rings is 1. The van der Waals surface area contributed by atoms with Gasteiger partial charge < -0.3 is 15.0 Å². The van der Waals surface area contributed by atoms with Crippen LogP contribution in [0.4, 0.5) is 23.8 Å². The Morgan fingerprint density at radius 3 is 2.23 bits per heavy atom. The molecule has 224 valence electrons. The minimum absolute atomic E-state index is 0.462. The van der Waals surface area contributed by atoms with Crippen LogP contribution in [-0.4, -0.2) is 61.4 Å². The lowest BCUT2D eigenvalue weighted by atomic mass is 9.86. The summed E-state index contributed by atoms with van der Waals surface area (Å²) in [5.41, 5.74) is 3.19. The number of hydrogen-bond donors (Lipinski definition) is 1. The number of carbonyl (C=O) groups is 1. The molecule has 1 saturated heterocycles. The minimum Gasteiger partial charge on any atom is -0.433 e. The molecule has 1 fully saturated rings. The first-order valence-corrected chi connectivity index (χ1v) is 14.9. The Morgan fingerprint density at radius 1 is 0.907 bits per heavy atom. The van der Waals surface area contributed by atoms with Gasteiger partial charge in [0.2, 0.25) is 0 Å². The first kappa shape index (κ1) is 29.3. The summed E-state index contributed by atoms with van der Waals surface area (Å²) in [5, 5.41) is 3.62. The number of carbonyl (C=O) groups excluding carboxylic acids is 1. The van der Waals surface area contributed by atoms with Crippen molar-refractivity contribution >= 4 is 34.4 Å². The number of ether oxygens (including phenoxy) is 1. The molecule has 0 bridgehead atoms. The van der Waals surface area contributed by atoms with Crippen molar-refractivity contribution in [1.82, 2.24) is 15.2 Å². The third-order valence-corrected chi connectivity index (χ3v) is 8.54. The zero-order valence-electron chi connectivity index (χ0n) is 23.5. The number of aromatic nitrogens is 1. The number of unbranched alkanes of at least 4 members (excludes halogenated alkanes) is 1. The number of anilines is 1. The van der Waals surface area contributed by atoms with Crippen LogP contribution in [0.1, 0.15) is 30.4 Å². The third-order valence-electron chi connectivity index (χ3n) is 8.30. The average molecular weight is 609 g/mol. The fraction of sp³-hybridized carbons (Fsp3) is 0.333. The van der Waals surface area contributed by atoms with E-state index in [1.807, 2.05) is 78.1 Å². The lowest BCUT2D eigenvalue weighted by Crippen LogP contribution is -2.47. The number of rotatable bonds is 8. The number of halogens is 4. The summed E-state index contributed by atoms with van der Waals surface area (Å²) in [6, 6.07) is 25.1. The van der Waals surface area contributed by atoms with Gasteiger partial charge >= 0.3 is 12.3 Å². The van der Waals surface area contributed by atoms with Crippen molar-refractivity contribution in [3.63, 3.8) is 0 Å². The van der Waals surface area contributed by atoms with E-state index < -0.39 is 24.4 Å². The van der Waals surface area contributed by atoms with Crippen molar-refractivity contribution in [2.24, 2.45) is 0 Å². The SMILES string of the molecule is O=C(NCC(F)(F)F)OC1(CCCCN2CCN(c3ccc4ccc(Cl)cc4n3)CC2)c2ccccc2-c2ccccc21. The molecule has 1 aliphatic carbocycles. The quantitative estimate of drug-likeness (QED) is 0.211. The van der Waals surface area contributed by atoms with E-state index in [9.17, 15) is 18.0 Å². The third kappa shape index (κ3) is 6.28. The molecule has 0 atom stereocenters. The van der Waals surface area contributed by atoms with Gasteiger partial charge in [0.05, 0.1) is 5.52 Å². The van der Waals surface area contributed by atoms with Crippen LogP contribution in [0.5, 0.6) is 0 Å². The molecule has 1 amide bonds. The van der Waals surface area contributed by atoms with E-state index in [1.165, 1.54) is 0 Å². The monoisotopic (exact) mass is 608 g/mol. The fourth-order valence-corrected chi connectivity index (χ4v) is 6.41. The first-order valence-electron chi connectivity index (χ1n) is 14.5. The van der Waals surface area contributed by atoms with Crippen LogP contribution in [0.15, 0.2) is 78.9 Å². The molecule has 0 saturated carbocycles. The summed E-state index contributed by atoms with van der Waals surface area (Å²) in [6.45, 7) is 2.91. The van der Waals surface area contributed by atoms with Gasteiger partial charge in [0.1, 0.15) is 12.4 Å². The molecule has 0 unspecified atom stereocenters. The highest BCUT2D eigenvalue weighted by Crippen LogP contribution is 2.52. The van der Waals surface area contributed by atoms with Crippen molar-refractivity contribution in [3.8, 4) is 11.1 Å². The number of pyridine rings is 1. The normalized spacial score (nSPS) is 16.1. The van der Waals surface area contributed by atoms with Crippen LogP contribution in [0.2, 0.25) is 5.02 Å². The van der Waals surface area contributed by atoms with Crippen molar-refractivity contribution in [2.75, 3.05) is 44.2 Å². The summed E-state index contributed by atoms with van der Waals surface area (Å²) in [6.07, 6.45) is -3.57. The number of amides is 1. The Morgan fingerprint density at radius 2 is 1.56 bits per heavy atom. The molecular formula is C33H32ClF3N4O2. The van der Waals surface area contributed by atoms with Gasteiger partial charge in [0.25, 0.3) is 0 Å². The topological polar surface area (TPSA) is 57.7 Å². The number of fused-ring (bicyclic) bond motifs is 4. The fourth-order valence-electron chi connectivity index (χ4n) is 6.25. The molecule has 4 aromatic rings. The van der Waals surface area contributed by atoms with Gasteiger partial charge in [0, 0.05) is 47.7 Å². The number of nitrogens with zero attached hydrogens (tertiary/aromatic N) is 3. The molecule has 10 heteroatoms. The first-order chi connectivity index (χ1) is 20.7. The molecule has 2 aliphatic rings. The zero-order valence-corrected chi connectivity index (χ0v) is 24.3. The summed E-state index contributed by atoms with van der Waals surface area (Å²) in [5.74, 6) is 0.941. The highest BCUT2D eigenvalue weighted by Gasteiger charge is 2.46. The van der Waals surface area contributed by atoms with Crippen LogP contribution in [0, 0.1) is 0 Å². The standard InChI is InChI=1S/C33H32ClF3N4O2/c34-24-13-11-23-12-14-30(39-29(23)21-24)41-19-17-40(18-20-41)16-6-5-15-32(43-31(42)38-22-33(35,36)37)27-9-3-1-7-25(27)26-8-2-4-10-28(26)32/h1-4,7-14,21H,5-6,15-20,22H2,(H,38,42). The highest BCUT2D eigenvalue weighted by atomic mass is 35.5. The van der Waals surface area contributed by atoms with E-state index in [-0.39, 0.29) is 0 Å². The van der Waals surface area contributed by atoms with E-state index in [0.717, 1.165) is 84.5 Å². The average Bonchev–Trinajstić information content (AvgIpc) is 3.27. The van der Waals surface area contributed by atoms with E-state index in [4.69, 9.17) is 21.3 Å². The van der Waals surface area contributed by atoms with Crippen molar-refractivity contribution in [3.05, 3.63) is 95.0 Å². The molecule has 3 aromatic carbocycles. The van der Waals surface area contributed by atoms with Gasteiger partial charge in [0.15, 0.2) is 5.60 Å². The lowest BCUT2D eigenvalue weighted by molar-refractivity contribution is -0.124. The molecule has 6 nitrogen and oxygen atoms in total. The number of nitrogens with one attached hydrogen (secondary N) is 1.